The highest BCUT2D eigenvalue weighted by molar-refractivity contribution is 5.92. The van der Waals surface area contributed by atoms with Crippen LogP contribution in [0.2, 0.25) is 0 Å². The number of fused-ring (bicyclic) bond motifs is 1. The van der Waals surface area contributed by atoms with Crippen molar-refractivity contribution < 1.29 is 14.3 Å². The number of anilines is 1. The molecule has 3 rings (SSSR count). The van der Waals surface area contributed by atoms with Crippen LogP contribution in [0, 0.1) is 0 Å². The van der Waals surface area contributed by atoms with Gasteiger partial charge in [-0.05, 0) is 30.2 Å². The van der Waals surface area contributed by atoms with Crippen molar-refractivity contribution in [2.45, 2.75) is 26.4 Å². The number of para-hydroxylation sites is 3. The van der Waals surface area contributed by atoms with Crippen molar-refractivity contribution in [2.75, 3.05) is 19.0 Å². The van der Waals surface area contributed by atoms with Gasteiger partial charge >= 0.3 is 0 Å². The van der Waals surface area contributed by atoms with Gasteiger partial charge in [0, 0.05) is 12.8 Å². The van der Waals surface area contributed by atoms with Gasteiger partial charge in [0.1, 0.15) is 19.0 Å². The molecule has 146 valence electrons. The Balaban J connectivity index is 1.81. The summed E-state index contributed by atoms with van der Waals surface area (Å²) in [4.78, 5) is 29.0. The van der Waals surface area contributed by atoms with Crippen LogP contribution < -0.4 is 10.6 Å². The molecule has 1 aromatic heterocycles. The van der Waals surface area contributed by atoms with E-state index in [1.54, 1.807) is 0 Å². The first-order valence-electron chi connectivity index (χ1n) is 9.20. The van der Waals surface area contributed by atoms with Gasteiger partial charge in [0.05, 0.1) is 17.6 Å². The number of aromatic nitrogens is 2. The number of methoxy groups -OCH3 is 1. The topological polar surface area (TPSA) is 85.2 Å². The number of imidazole rings is 1. The zero-order valence-corrected chi connectivity index (χ0v) is 16.1. The average molecular weight is 380 g/mol. The van der Waals surface area contributed by atoms with Crippen molar-refractivity contribution in [2.24, 2.45) is 0 Å². The number of ether oxygens (including phenoxy) is 1. The molecule has 0 unspecified atom stereocenters. The monoisotopic (exact) mass is 380 g/mol. The normalized spacial score (nSPS) is 10.8. The molecule has 2 amide bonds. The van der Waals surface area contributed by atoms with Crippen LogP contribution in [-0.2, 0) is 33.8 Å². The highest BCUT2D eigenvalue weighted by Crippen LogP contribution is 2.18. The lowest BCUT2D eigenvalue weighted by Gasteiger charge is -2.12. The molecular formula is C21H24N4O3. The minimum Gasteiger partial charge on any atom is -0.375 e. The smallest absolute Gasteiger partial charge is 0.246 e. The third-order valence-electron chi connectivity index (χ3n) is 4.43. The van der Waals surface area contributed by atoms with Crippen molar-refractivity contribution in [1.82, 2.24) is 14.9 Å². The largest absolute Gasteiger partial charge is 0.375 e. The Hall–Kier alpha value is -3.19. The Kier molecular flexibility index (Phi) is 6.39. The lowest BCUT2D eigenvalue weighted by Crippen LogP contribution is -2.29. The zero-order valence-electron chi connectivity index (χ0n) is 16.1. The van der Waals surface area contributed by atoms with E-state index >= 15 is 0 Å². The van der Waals surface area contributed by atoms with Crippen LogP contribution >= 0.6 is 0 Å². The summed E-state index contributed by atoms with van der Waals surface area (Å²) in [6.45, 7) is 2.35. The molecule has 0 fully saturated rings. The van der Waals surface area contributed by atoms with E-state index < -0.39 is 0 Å². The second kappa shape index (κ2) is 9.14. The molecule has 0 aliphatic rings. The Labute approximate surface area is 163 Å². The van der Waals surface area contributed by atoms with Gasteiger partial charge < -0.3 is 19.9 Å². The third kappa shape index (κ3) is 4.55. The van der Waals surface area contributed by atoms with Crippen LogP contribution in [0.25, 0.3) is 11.0 Å². The third-order valence-corrected chi connectivity index (χ3v) is 4.43. The lowest BCUT2D eigenvalue weighted by molar-refractivity contribution is -0.124. The molecule has 2 N–H and O–H groups in total. The first-order chi connectivity index (χ1) is 13.6. The van der Waals surface area contributed by atoms with Crippen molar-refractivity contribution in [3.63, 3.8) is 0 Å². The minimum atomic E-state index is -0.234. The van der Waals surface area contributed by atoms with Crippen molar-refractivity contribution in [3.8, 4) is 0 Å². The van der Waals surface area contributed by atoms with E-state index in [-0.39, 0.29) is 31.5 Å². The van der Waals surface area contributed by atoms with Gasteiger partial charge in [0.2, 0.25) is 11.8 Å². The molecule has 1 heterocycles. The Morgan fingerprint density at radius 3 is 2.61 bits per heavy atom. The molecule has 0 radical (unpaired) electrons. The standard InChI is InChI=1S/C21H24N4O3/c1-3-15-8-4-5-9-16(15)24-20(26)13-25-18-11-7-6-10-17(18)23-19(25)12-22-21(27)14-28-2/h4-11H,3,12-14H2,1-2H3,(H,22,27)(H,24,26). The highest BCUT2D eigenvalue weighted by atomic mass is 16.5. The molecule has 0 spiro atoms. The molecule has 7 heteroatoms. The van der Waals surface area contributed by atoms with E-state index in [0.29, 0.717) is 5.82 Å². The predicted molar refractivity (Wildman–Crippen MR) is 108 cm³/mol. The Bertz CT molecular complexity index is 981. The first-order valence-corrected chi connectivity index (χ1v) is 9.20. The predicted octanol–water partition coefficient (Wildman–Crippen LogP) is 2.50. The van der Waals surface area contributed by atoms with Crippen molar-refractivity contribution in [1.29, 1.82) is 0 Å². The summed E-state index contributed by atoms with van der Waals surface area (Å²) >= 11 is 0. The van der Waals surface area contributed by atoms with E-state index in [1.165, 1.54) is 7.11 Å². The quantitative estimate of drug-likeness (QED) is 0.629. The second-order valence-electron chi connectivity index (χ2n) is 6.37. The Morgan fingerprint density at radius 1 is 1.07 bits per heavy atom. The van der Waals surface area contributed by atoms with E-state index in [1.807, 2.05) is 53.1 Å². The van der Waals surface area contributed by atoms with Crippen molar-refractivity contribution >= 4 is 28.5 Å². The number of aryl methyl sites for hydroxylation is 1. The van der Waals surface area contributed by atoms with Gasteiger partial charge in [0.15, 0.2) is 0 Å². The number of carbonyl (C=O) groups excluding carboxylic acids is 2. The van der Waals surface area contributed by atoms with E-state index in [0.717, 1.165) is 28.7 Å². The number of hydrogen-bond acceptors (Lipinski definition) is 4. The van der Waals surface area contributed by atoms with Gasteiger partial charge in [-0.3, -0.25) is 9.59 Å². The van der Waals surface area contributed by atoms with E-state index in [4.69, 9.17) is 4.74 Å². The fourth-order valence-electron chi connectivity index (χ4n) is 3.08. The minimum absolute atomic E-state index is 0.0193. The summed E-state index contributed by atoms with van der Waals surface area (Å²) < 4.78 is 6.66. The number of nitrogens with one attached hydrogen (secondary N) is 2. The fourth-order valence-corrected chi connectivity index (χ4v) is 3.08. The molecule has 3 aromatic rings. The molecular weight excluding hydrogens is 356 g/mol. The van der Waals surface area contributed by atoms with Crippen LogP contribution in [0.15, 0.2) is 48.5 Å². The molecule has 0 saturated heterocycles. The maximum atomic E-state index is 12.7. The number of amides is 2. The number of nitrogens with zero attached hydrogens (tertiary/aromatic N) is 2. The maximum Gasteiger partial charge on any atom is 0.246 e. The maximum absolute atomic E-state index is 12.7. The molecule has 0 atom stereocenters. The average Bonchev–Trinajstić information content (AvgIpc) is 3.04. The molecule has 0 bridgehead atoms. The van der Waals surface area contributed by atoms with Crippen LogP contribution in [0.1, 0.15) is 18.3 Å². The van der Waals surface area contributed by atoms with Gasteiger partial charge in [-0.1, -0.05) is 37.3 Å². The summed E-state index contributed by atoms with van der Waals surface area (Å²) in [5, 5.41) is 5.75. The highest BCUT2D eigenvalue weighted by Gasteiger charge is 2.15. The molecule has 0 aliphatic carbocycles. The zero-order chi connectivity index (χ0) is 19.9. The molecule has 2 aromatic carbocycles. The number of carbonyl (C=O) groups is 2. The number of rotatable bonds is 8. The number of benzene rings is 2. The van der Waals surface area contributed by atoms with Crippen LogP contribution in [-0.4, -0.2) is 35.1 Å². The van der Waals surface area contributed by atoms with Gasteiger partial charge in [-0.25, -0.2) is 4.98 Å². The molecule has 7 nitrogen and oxygen atoms in total. The lowest BCUT2D eigenvalue weighted by atomic mass is 10.1. The van der Waals surface area contributed by atoms with Crippen LogP contribution in [0.3, 0.4) is 0 Å². The summed E-state index contributed by atoms with van der Waals surface area (Å²) in [7, 11) is 1.47. The molecule has 28 heavy (non-hydrogen) atoms. The number of hydrogen-bond donors (Lipinski definition) is 2. The summed E-state index contributed by atoms with van der Waals surface area (Å²) in [6, 6.07) is 15.3. The molecule has 0 saturated carbocycles. The molecule has 0 aliphatic heterocycles. The fraction of sp³-hybridized carbons (Fsp3) is 0.286. The summed E-state index contributed by atoms with van der Waals surface area (Å²) in [6.07, 6.45) is 0.835. The first kappa shape index (κ1) is 19.6. The van der Waals surface area contributed by atoms with Crippen molar-refractivity contribution in [3.05, 3.63) is 59.9 Å². The van der Waals surface area contributed by atoms with Gasteiger partial charge in [-0.15, -0.1) is 0 Å². The summed E-state index contributed by atoms with van der Waals surface area (Å²) in [5.74, 6) is 0.237. The van der Waals surface area contributed by atoms with E-state index in [2.05, 4.69) is 22.5 Å². The van der Waals surface area contributed by atoms with Gasteiger partial charge in [-0.2, -0.15) is 0 Å². The second-order valence-corrected chi connectivity index (χ2v) is 6.37. The summed E-state index contributed by atoms with van der Waals surface area (Å²) in [5.41, 5.74) is 3.52. The van der Waals surface area contributed by atoms with Crippen LogP contribution in [0.5, 0.6) is 0 Å². The van der Waals surface area contributed by atoms with E-state index in [9.17, 15) is 9.59 Å². The Morgan fingerprint density at radius 2 is 1.82 bits per heavy atom. The SMILES string of the molecule is CCc1ccccc1NC(=O)Cn1c(CNC(=O)COC)nc2ccccc21. The van der Waals surface area contributed by atoms with Gasteiger partial charge in [0.25, 0.3) is 0 Å². The van der Waals surface area contributed by atoms with Crippen LogP contribution in [0.4, 0.5) is 5.69 Å².